The van der Waals surface area contributed by atoms with Crippen LogP contribution in [0.25, 0.3) is 0 Å². The van der Waals surface area contributed by atoms with E-state index in [0.717, 1.165) is 0 Å². The second kappa shape index (κ2) is 6.64. The van der Waals surface area contributed by atoms with Gasteiger partial charge in [-0.05, 0) is 42.5 Å². The van der Waals surface area contributed by atoms with E-state index in [-0.39, 0.29) is 18.4 Å². The van der Waals surface area contributed by atoms with Crippen molar-refractivity contribution in [3.8, 4) is 5.75 Å². The molecule has 7 heteroatoms. The highest BCUT2D eigenvalue weighted by atomic mass is 16.5. The zero-order chi connectivity index (χ0) is 18.0. The van der Waals surface area contributed by atoms with Gasteiger partial charge in [0.05, 0.1) is 31.2 Å². The van der Waals surface area contributed by atoms with Crippen molar-refractivity contribution in [3.05, 3.63) is 53.6 Å². The van der Waals surface area contributed by atoms with Crippen molar-refractivity contribution in [3.63, 3.8) is 0 Å². The van der Waals surface area contributed by atoms with E-state index in [2.05, 4.69) is 10.1 Å². The largest absolute Gasteiger partial charge is 0.497 e. The van der Waals surface area contributed by atoms with Crippen LogP contribution in [0.4, 0.5) is 11.4 Å². The van der Waals surface area contributed by atoms with Crippen LogP contribution < -0.4 is 15.0 Å². The Morgan fingerprint density at radius 2 is 1.72 bits per heavy atom. The number of rotatable bonds is 3. The first kappa shape index (κ1) is 16.5. The van der Waals surface area contributed by atoms with E-state index < -0.39 is 5.97 Å². The molecular weight excluding hydrogens is 324 g/mol. The molecule has 0 saturated carbocycles. The van der Waals surface area contributed by atoms with Gasteiger partial charge in [0.25, 0.3) is 5.91 Å². The van der Waals surface area contributed by atoms with E-state index in [1.807, 2.05) is 0 Å². The first-order chi connectivity index (χ1) is 12.0. The Balaban J connectivity index is 1.96. The Kier molecular flexibility index (Phi) is 4.38. The lowest BCUT2D eigenvalue weighted by Gasteiger charge is -2.29. The Morgan fingerprint density at radius 3 is 2.36 bits per heavy atom. The summed E-state index contributed by atoms with van der Waals surface area (Å²) in [5.41, 5.74) is 1.63. The third-order valence-corrected chi connectivity index (χ3v) is 3.87. The second-order valence-corrected chi connectivity index (χ2v) is 5.39. The molecule has 1 aliphatic rings. The average Bonchev–Trinajstić information content (AvgIpc) is 2.65. The van der Waals surface area contributed by atoms with Gasteiger partial charge in [0.2, 0.25) is 5.91 Å². The third kappa shape index (κ3) is 3.16. The summed E-state index contributed by atoms with van der Waals surface area (Å²) >= 11 is 0. The number of amides is 2. The predicted octanol–water partition coefficient (Wildman–Crippen LogP) is 2.08. The van der Waals surface area contributed by atoms with E-state index in [1.54, 1.807) is 43.5 Å². The summed E-state index contributed by atoms with van der Waals surface area (Å²) in [5, 5.41) is 2.67. The van der Waals surface area contributed by atoms with Crippen molar-refractivity contribution in [1.29, 1.82) is 0 Å². The molecule has 0 spiro atoms. The molecule has 0 radical (unpaired) electrons. The van der Waals surface area contributed by atoms with Gasteiger partial charge in [-0.2, -0.15) is 0 Å². The van der Waals surface area contributed by atoms with E-state index in [4.69, 9.17) is 4.74 Å². The zero-order valence-electron chi connectivity index (χ0n) is 13.7. The molecule has 1 N–H and O–H groups in total. The molecule has 25 heavy (non-hydrogen) atoms. The highest BCUT2D eigenvalue weighted by Crippen LogP contribution is 2.32. The summed E-state index contributed by atoms with van der Waals surface area (Å²) < 4.78 is 9.76. The molecule has 3 rings (SSSR count). The number of fused-ring (bicyclic) bond motifs is 1. The predicted molar refractivity (Wildman–Crippen MR) is 91.1 cm³/mol. The number of nitrogens with one attached hydrogen (secondary N) is 1. The Bertz CT molecular complexity index is 845. The molecule has 0 atom stereocenters. The number of carbonyl (C=O) groups excluding carboxylic acids is 3. The Morgan fingerprint density at radius 1 is 1.04 bits per heavy atom. The normalized spacial score (nSPS) is 12.9. The topological polar surface area (TPSA) is 84.9 Å². The molecule has 2 amide bonds. The average molecular weight is 340 g/mol. The maximum Gasteiger partial charge on any atom is 0.337 e. The van der Waals surface area contributed by atoms with Gasteiger partial charge in [0.15, 0.2) is 0 Å². The first-order valence-corrected chi connectivity index (χ1v) is 7.51. The van der Waals surface area contributed by atoms with E-state index in [9.17, 15) is 14.4 Å². The quantitative estimate of drug-likeness (QED) is 0.865. The van der Waals surface area contributed by atoms with Crippen LogP contribution in [0.2, 0.25) is 0 Å². The van der Waals surface area contributed by atoms with Crippen molar-refractivity contribution in [1.82, 2.24) is 0 Å². The molecule has 0 fully saturated rings. The molecule has 1 aliphatic heterocycles. The van der Waals surface area contributed by atoms with Gasteiger partial charge in [-0.1, -0.05) is 0 Å². The van der Waals surface area contributed by atoms with E-state index in [0.29, 0.717) is 28.3 Å². The summed E-state index contributed by atoms with van der Waals surface area (Å²) in [7, 11) is 2.82. The minimum absolute atomic E-state index is 0.102. The summed E-state index contributed by atoms with van der Waals surface area (Å²) in [6.07, 6.45) is 0. The minimum Gasteiger partial charge on any atom is -0.497 e. The molecule has 7 nitrogen and oxygen atoms in total. The molecule has 0 saturated heterocycles. The molecule has 0 bridgehead atoms. The second-order valence-electron chi connectivity index (χ2n) is 5.39. The van der Waals surface area contributed by atoms with Gasteiger partial charge in [-0.15, -0.1) is 0 Å². The van der Waals surface area contributed by atoms with Gasteiger partial charge in [0, 0.05) is 5.56 Å². The van der Waals surface area contributed by atoms with E-state index >= 15 is 0 Å². The van der Waals surface area contributed by atoms with Crippen LogP contribution in [0.3, 0.4) is 0 Å². The number of hydrogen-bond acceptors (Lipinski definition) is 5. The van der Waals surface area contributed by atoms with Crippen LogP contribution in [0.5, 0.6) is 5.75 Å². The number of nitrogens with zero attached hydrogens (tertiary/aromatic N) is 1. The van der Waals surface area contributed by atoms with Gasteiger partial charge >= 0.3 is 5.97 Å². The lowest BCUT2D eigenvalue weighted by molar-refractivity contribution is -0.115. The van der Waals surface area contributed by atoms with Gasteiger partial charge < -0.3 is 14.8 Å². The number of esters is 1. The minimum atomic E-state index is -0.518. The summed E-state index contributed by atoms with van der Waals surface area (Å²) in [6.45, 7) is -0.102. The lowest BCUT2D eigenvalue weighted by Crippen LogP contribution is -2.42. The summed E-state index contributed by atoms with van der Waals surface area (Å²) in [5.74, 6) is -0.535. The van der Waals surface area contributed by atoms with Crippen molar-refractivity contribution in [2.75, 3.05) is 31.0 Å². The van der Waals surface area contributed by atoms with Gasteiger partial charge in [-0.3, -0.25) is 14.5 Å². The molecule has 1 heterocycles. The fraction of sp³-hybridized carbons (Fsp3) is 0.167. The highest BCUT2D eigenvalue weighted by Gasteiger charge is 2.28. The number of carbonyl (C=O) groups is 3. The van der Waals surface area contributed by atoms with Crippen LogP contribution in [-0.2, 0) is 9.53 Å². The number of benzene rings is 2. The summed E-state index contributed by atoms with van der Waals surface area (Å²) in [6, 6.07) is 11.3. The van der Waals surface area contributed by atoms with Crippen molar-refractivity contribution >= 4 is 29.2 Å². The molecule has 2 aromatic rings. The number of hydrogen-bond donors (Lipinski definition) is 1. The molecule has 2 aromatic carbocycles. The van der Waals surface area contributed by atoms with E-state index in [1.165, 1.54) is 18.1 Å². The number of anilines is 2. The fourth-order valence-corrected chi connectivity index (χ4v) is 2.61. The molecule has 0 aromatic heterocycles. The maximum atomic E-state index is 12.8. The molecule has 0 unspecified atom stereocenters. The molecule has 0 aliphatic carbocycles. The fourth-order valence-electron chi connectivity index (χ4n) is 2.61. The van der Waals surface area contributed by atoms with Crippen molar-refractivity contribution in [2.24, 2.45) is 0 Å². The highest BCUT2D eigenvalue weighted by molar-refractivity contribution is 6.15. The number of ether oxygens (including phenoxy) is 2. The maximum absolute atomic E-state index is 12.8. The van der Waals surface area contributed by atoms with Crippen LogP contribution in [0.1, 0.15) is 20.7 Å². The Hall–Kier alpha value is -3.35. The van der Waals surface area contributed by atoms with Crippen LogP contribution in [0, 0.1) is 0 Å². The zero-order valence-corrected chi connectivity index (χ0v) is 13.7. The van der Waals surface area contributed by atoms with Gasteiger partial charge in [0.1, 0.15) is 12.3 Å². The van der Waals surface area contributed by atoms with Crippen molar-refractivity contribution < 1.29 is 23.9 Å². The van der Waals surface area contributed by atoms with Crippen molar-refractivity contribution in [2.45, 2.75) is 0 Å². The lowest BCUT2D eigenvalue weighted by atomic mass is 10.1. The monoisotopic (exact) mass is 340 g/mol. The third-order valence-electron chi connectivity index (χ3n) is 3.87. The standard InChI is InChI=1S/C18H16N2O5/c1-24-13-6-3-11(4-7-13)17(22)20-10-16(21)19-14-9-12(18(23)25-2)5-8-15(14)20/h3-9H,10H2,1-2H3,(H,19,21). The van der Waals surface area contributed by atoms with Gasteiger partial charge in [-0.25, -0.2) is 4.79 Å². The number of methoxy groups -OCH3 is 2. The SMILES string of the molecule is COC(=O)c1ccc2c(c1)NC(=O)CN2C(=O)c1ccc(OC)cc1. The first-order valence-electron chi connectivity index (χ1n) is 7.51. The Labute approximate surface area is 144 Å². The molecular formula is C18H16N2O5. The van der Waals surface area contributed by atoms with Crippen LogP contribution in [0.15, 0.2) is 42.5 Å². The van der Waals surface area contributed by atoms with Crippen LogP contribution >= 0.6 is 0 Å². The smallest absolute Gasteiger partial charge is 0.337 e. The van der Waals surface area contributed by atoms with Crippen LogP contribution in [-0.4, -0.2) is 38.5 Å². The summed E-state index contributed by atoms with van der Waals surface area (Å²) in [4.78, 5) is 37.8. The molecule has 128 valence electrons.